The number of likely N-dealkylation sites (tertiary alicyclic amines) is 1. The molecule has 0 saturated carbocycles. The van der Waals surface area contributed by atoms with Gasteiger partial charge in [-0.25, -0.2) is 4.98 Å². The van der Waals surface area contributed by atoms with Crippen molar-refractivity contribution in [3.63, 3.8) is 0 Å². The van der Waals surface area contributed by atoms with Crippen LogP contribution in [0.4, 0.5) is 0 Å². The Morgan fingerprint density at radius 2 is 2.27 bits per heavy atom. The highest BCUT2D eigenvalue weighted by atomic mass is 32.2. The molecule has 2 heterocycles. The zero-order chi connectivity index (χ0) is 16.1. The summed E-state index contributed by atoms with van der Waals surface area (Å²) in [7, 11) is 0. The van der Waals surface area contributed by atoms with Crippen LogP contribution in [0.5, 0.6) is 0 Å². The lowest BCUT2D eigenvalue weighted by Gasteiger charge is -2.35. The van der Waals surface area contributed by atoms with Crippen molar-refractivity contribution in [2.75, 3.05) is 12.3 Å². The maximum Gasteiger partial charge on any atom is 0.233 e. The fourth-order valence-electron chi connectivity index (χ4n) is 3.01. The number of hydrogen-bond acceptors (Lipinski definition) is 4. The molecule has 2 rings (SSSR count). The number of aromatic nitrogens is 1. The predicted molar refractivity (Wildman–Crippen MR) is 88.8 cm³/mol. The average Bonchev–Trinajstić information content (AvgIpc) is 2.52. The van der Waals surface area contributed by atoms with E-state index in [2.05, 4.69) is 18.0 Å². The van der Waals surface area contributed by atoms with E-state index in [4.69, 9.17) is 0 Å². The lowest BCUT2D eigenvalue weighted by atomic mass is 10.0. The number of carbonyl (C=O) groups is 1. The van der Waals surface area contributed by atoms with Crippen molar-refractivity contribution in [2.24, 2.45) is 0 Å². The van der Waals surface area contributed by atoms with Crippen LogP contribution < -0.4 is 0 Å². The second kappa shape index (κ2) is 7.64. The number of aryl methyl sites for hydroxylation is 2. The summed E-state index contributed by atoms with van der Waals surface area (Å²) in [5, 5.41) is 9.96. The third-order valence-corrected chi connectivity index (χ3v) is 5.13. The molecule has 1 fully saturated rings. The van der Waals surface area contributed by atoms with E-state index in [1.54, 1.807) is 0 Å². The van der Waals surface area contributed by atoms with Gasteiger partial charge in [0.25, 0.3) is 0 Å². The van der Waals surface area contributed by atoms with Crippen molar-refractivity contribution in [2.45, 2.75) is 57.5 Å². The van der Waals surface area contributed by atoms with E-state index in [9.17, 15) is 10.1 Å². The molecule has 1 aliphatic rings. The highest BCUT2D eigenvalue weighted by Gasteiger charge is 2.25. The summed E-state index contributed by atoms with van der Waals surface area (Å²) in [6.45, 7) is 6.83. The highest BCUT2D eigenvalue weighted by molar-refractivity contribution is 8.00. The van der Waals surface area contributed by atoms with E-state index in [1.807, 2.05) is 24.8 Å². The molecule has 1 amide bonds. The van der Waals surface area contributed by atoms with Crippen LogP contribution in [0.15, 0.2) is 11.1 Å². The van der Waals surface area contributed by atoms with E-state index in [1.165, 1.54) is 18.2 Å². The SMILES string of the molecule is CC[C@@H]1CCCCN1C(=O)CSc1nc(C)cc(C)c1C#N. The van der Waals surface area contributed by atoms with Gasteiger partial charge >= 0.3 is 0 Å². The molecule has 0 N–H and O–H groups in total. The molecule has 0 spiro atoms. The van der Waals surface area contributed by atoms with Crippen LogP contribution in [-0.2, 0) is 4.79 Å². The van der Waals surface area contributed by atoms with Crippen molar-refractivity contribution in [1.82, 2.24) is 9.88 Å². The van der Waals surface area contributed by atoms with E-state index >= 15 is 0 Å². The van der Waals surface area contributed by atoms with Crippen molar-refractivity contribution in [1.29, 1.82) is 5.26 Å². The number of nitrogens with zero attached hydrogens (tertiary/aromatic N) is 3. The highest BCUT2D eigenvalue weighted by Crippen LogP contribution is 2.26. The number of carbonyl (C=O) groups excluding carboxylic acids is 1. The molecule has 1 saturated heterocycles. The molecular weight excluding hydrogens is 294 g/mol. The molecule has 0 aliphatic carbocycles. The molecule has 0 aromatic carbocycles. The third kappa shape index (κ3) is 3.80. The van der Waals surface area contributed by atoms with E-state index in [0.717, 1.165) is 37.1 Å². The van der Waals surface area contributed by atoms with Gasteiger partial charge in [0, 0.05) is 18.3 Å². The van der Waals surface area contributed by atoms with Gasteiger partial charge in [-0.2, -0.15) is 5.26 Å². The maximum atomic E-state index is 12.5. The van der Waals surface area contributed by atoms with Crippen LogP contribution in [-0.4, -0.2) is 34.1 Å². The first-order valence-electron chi connectivity index (χ1n) is 7.87. The summed E-state index contributed by atoms with van der Waals surface area (Å²) in [6, 6.07) is 4.49. The summed E-state index contributed by atoms with van der Waals surface area (Å²) in [5.41, 5.74) is 2.40. The fourth-order valence-corrected chi connectivity index (χ4v) is 3.99. The first-order valence-corrected chi connectivity index (χ1v) is 8.86. The number of rotatable bonds is 4. The summed E-state index contributed by atoms with van der Waals surface area (Å²) in [6.07, 6.45) is 4.44. The molecule has 5 heteroatoms. The van der Waals surface area contributed by atoms with Crippen LogP contribution >= 0.6 is 11.8 Å². The van der Waals surface area contributed by atoms with Crippen molar-refractivity contribution in [3.8, 4) is 6.07 Å². The summed E-state index contributed by atoms with van der Waals surface area (Å²) in [4.78, 5) is 19.0. The normalized spacial score (nSPS) is 18.1. The second-order valence-corrected chi connectivity index (χ2v) is 6.77. The number of amides is 1. The molecule has 1 aliphatic heterocycles. The van der Waals surface area contributed by atoms with Crippen molar-refractivity contribution < 1.29 is 4.79 Å². The summed E-state index contributed by atoms with van der Waals surface area (Å²) < 4.78 is 0. The van der Waals surface area contributed by atoms with Crippen LogP contribution in [0.3, 0.4) is 0 Å². The first kappa shape index (κ1) is 16.8. The number of nitriles is 1. The Morgan fingerprint density at radius 3 is 2.95 bits per heavy atom. The van der Waals surface area contributed by atoms with Gasteiger partial charge < -0.3 is 4.90 Å². The Hall–Kier alpha value is -1.54. The lowest BCUT2D eigenvalue weighted by molar-refractivity contribution is -0.132. The van der Waals surface area contributed by atoms with E-state index < -0.39 is 0 Å². The number of pyridine rings is 1. The molecule has 0 bridgehead atoms. The van der Waals surface area contributed by atoms with Gasteiger partial charge in [0.05, 0.1) is 11.3 Å². The largest absolute Gasteiger partial charge is 0.339 e. The van der Waals surface area contributed by atoms with E-state index in [-0.39, 0.29) is 5.91 Å². The molecule has 1 aromatic rings. The van der Waals surface area contributed by atoms with Gasteiger partial charge in [-0.3, -0.25) is 4.79 Å². The minimum atomic E-state index is 0.168. The Morgan fingerprint density at radius 1 is 1.50 bits per heavy atom. The third-order valence-electron chi connectivity index (χ3n) is 4.17. The van der Waals surface area contributed by atoms with Gasteiger partial charge in [0.1, 0.15) is 11.1 Å². The second-order valence-electron chi connectivity index (χ2n) is 5.81. The van der Waals surface area contributed by atoms with Crippen LogP contribution in [0.1, 0.15) is 49.4 Å². The van der Waals surface area contributed by atoms with Crippen molar-refractivity contribution >= 4 is 17.7 Å². The number of thioether (sulfide) groups is 1. The van der Waals surface area contributed by atoms with Crippen LogP contribution in [0.2, 0.25) is 0 Å². The van der Waals surface area contributed by atoms with Gasteiger partial charge in [-0.1, -0.05) is 18.7 Å². The molecule has 0 radical (unpaired) electrons. The Bertz CT molecular complexity index is 594. The molecule has 118 valence electrons. The molecule has 22 heavy (non-hydrogen) atoms. The van der Waals surface area contributed by atoms with Gasteiger partial charge in [-0.05, 0) is 51.2 Å². The van der Waals surface area contributed by atoms with Gasteiger partial charge in [0.15, 0.2) is 0 Å². The predicted octanol–water partition coefficient (Wildman–Crippen LogP) is 3.45. The zero-order valence-electron chi connectivity index (χ0n) is 13.6. The molecular formula is C17H23N3OS. The maximum absolute atomic E-state index is 12.5. The van der Waals surface area contributed by atoms with E-state index in [0.29, 0.717) is 22.4 Å². The summed E-state index contributed by atoms with van der Waals surface area (Å²) in [5.74, 6) is 0.530. The smallest absolute Gasteiger partial charge is 0.233 e. The topological polar surface area (TPSA) is 57.0 Å². The van der Waals surface area contributed by atoms with Crippen molar-refractivity contribution in [3.05, 3.63) is 22.9 Å². The van der Waals surface area contributed by atoms with Gasteiger partial charge in [-0.15, -0.1) is 0 Å². The molecule has 0 unspecified atom stereocenters. The Balaban J connectivity index is 2.07. The van der Waals surface area contributed by atoms with Crippen LogP contribution in [0, 0.1) is 25.2 Å². The quantitative estimate of drug-likeness (QED) is 0.798. The lowest BCUT2D eigenvalue weighted by Crippen LogP contribution is -2.44. The molecule has 1 atom stereocenters. The molecule has 4 nitrogen and oxygen atoms in total. The van der Waals surface area contributed by atoms with Crippen LogP contribution in [0.25, 0.3) is 0 Å². The minimum Gasteiger partial charge on any atom is -0.339 e. The minimum absolute atomic E-state index is 0.168. The molecule has 1 aromatic heterocycles. The standard InChI is InChI=1S/C17H23N3OS/c1-4-14-7-5-6-8-20(14)16(21)11-22-17-15(10-18)12(2)9-13(3)19-17/h9,14H,4-8,11H2,1-3H3/t14-/m1/s1. The fraction of sp³-hybridized carbons (Fsp3) is 0.588. The number of hydrogen-bond donors (Lipinski definition) is 0. The Kier molecular flexibility index (Phi) is 5.84. The van der Waals surface area contributed by atoms with Gasteiger partial charge in [0.2, 0.25) is 5.91 Å². The Labute approximate surface area is 136 Å². The number of piperidine rings is 1. The average molecular weight is 317 g/mol. The zero-order valence-corrected chi connectivity index (χ0v) is 14.4. The monoisotopic (exact) mass is 317 g/mol. The summed E-state index contributed by atoms with van der Waals surface area (Å²) >= 11 is 1.39. The first-order chi connectivity index (χ1) is 10.6.